The molecule has 1 aromatic rings. The minimum absolute atomic E-state index is 0.206. The molecule has 2 heterocycles. The number of carbonyl (C=O) groups is 1. The van der Waals surface area contributed by atoms with Crippen LogP contribution < -0.4 is 4.90 Å². The van der Waals surface area contributed by atoms with Gasteiger partial charge in [0.25, 0.3) is 0 Å². The molecule has 6 heteroatoms. The van der Waals surface area contributed by atoms with Gasteiger partial charge < -0.3 is 14.5 Å². The third kappa shape index (κ3) is 3.91. The van der Waals surface area contributed by atoms with E-state index in [1.54, 1.807) is 7.11 Å². The highest BCUT2D eigenvalue weighted by molar-refractivity contribution is 5.78. The number of methoxy groups -OCH3 is 1. The second kappa shape index (κ2) is 6.85. The smallest absolute Gasteiger partial charge is 0.223 e. The van der Waals surface area contributed by atoms with Gasteiger partial charge in [0.2, 0.25) is 5.91 Å². The second-order valence-corrected chi connectivity index (χ2v) is 5.79. The first-order valence-electron chi connectivity index (χ1n) is 7.27. The molecule has 116 valence electrons. The molecule has 0 aromatic carbocycles. The summed E-state index contributed by atoms with van der Waals surface area (Å²) in [6.07, 6.45) is 3.19. The Hall–Kier alpha value is -1.69. The summed E-state index contributed by atoms with van der Waals surface area (Å²) in [7, 11) is 5.61. The third-order valence-corrected chi connectivity index (χ3v) is 3.75. The molecule has 0 aliphatic carbocycles. The lowest BCUT2D eigenvalue weighted by atomic mass is 10.0. The van der Waals surface area contributed by atoms with E-state index in [2.05, 4.69) is 9.97 Å². The molecule has 0 saturated carbocycles. The van der Waals surface area contributed by atoms with Gasteiger partial charge in [-0.2, -0.15) is 0 Å². The van der Waals surface area contributed by atoms with Crippen molar-refractivity contribution in [1.29, 1.82) is 0 Å². The summed E-state index contributed by atoms with van der Waals surface area (Å²) < 4.78 is 5.04. The zero-order chi connectivity index (χ0) is 15.4. The Morgan fingerprint density at radius 1 is 1.48 bits per heavy atom. The van der Waals surface area contributed by atoms with E-state index in [0.717, 1.165) is 30.2 Å². The lowest BCUT2D eigenvalue weighted by Crippen LogP contribution is -2.29. The van der Waals surface area contributed by atoms with Crippen LogP contribution in [0.4, 0.5) is 5.82 Å². The van der Waals surface area contributed by atoms with Crippen LogP contribution in [0, 0.1) is 12.8 Å². The van der Waals surface area contributed by atoms with Crippen molar-refractivity contribution >= 4 is 11.7 Å². The van der Waals surface area contributed by atoms with Crippen molar-refractivity contribution < 1.29 is 9.53 Å². The molecule has 2 rings (SSSR count). The van der Waals surface area contributed by atoms with Crippen LogP contribution >= 0.6 is 0 Å². The molecule has 1 atom stereocenters. The largest absolute Gasteiger partial charge is 0.383 e. The molecule has 1 saturated heterocycles. The summed E-state index contributed by atoms with van der Waals surface area (Å²) in [6.45, 7) is 4.04. The van der Waals surface area contributed by atoms with E-state index >= 15 is 0 Å². The summed E-state index contributed by atoms with van der Waals surface area (Å²) in [6, 6.07) is 0. The SMILES string of the molecule is COCCN1C[C@@H](Cc2ncc(C)c(N(C)C)n2)CC1=O. The average molecular weight is 292 g/mol. The monoisotopic (exact) mass is 292 g/mol. The summed E-state index contributed by atoms with van der Waals surface area (Å²) in [4.78, 5) is 24.8. The molecule has 0 unspecified atom stereocenters. The highest BCUT2D eigenvalue weighted by Crippen LogP contribution is 2.22. The fraction of sp³-hybridized carbons (Fsp3) is 0.667. The lowest BCUT2D eigenvalue weighted by Gasteiger charge is -2.17. The zero-order valence-corrected chi connectivity index (χ0v) is 13.3. The number of aromatic nitrogens is 2. The van der Waals surface area contributed by atoms with Crippen LogP contribution in [-0.2, 0) is 16.0 Å². The van der Waals surface area contributed by atoms with Gasteiger partial charge in [-0.1, -0.05) is 0 Å². The number of anilines is 1. The van der Waals surface area contributed by atoms with Gasteiger partial charge in [-0.15, -0.1) is 0 Å². The fourth-order valence-electron chi connectivity index (χ4n) is 2.69. The number of amides is 1. The van der Waals surface area contributed by atoms with Crippen LogP contribution in [0.5, 0.6) is 0 Å². The number of carbonyl (C=O) groups excluding carboxylic acids is 1. The topological polar surface area (TPSA) is 58.6 Å². The predicted octanol–water partition coefficient (Wildman–Crippen LogP) is 0.888. The van der Waals surface area contributed by atoms with Gasteiger partial charge in [0.05, 0.1) is 6.61 Å². The van der Waals surface area contributed by atoms with Crippen molar-refractivity contribution in [1.82, 2.24) is 14.9 Å². The molecular weight excluding hydrogens is 268 g/mol. The maximum absolute atomic E-state index is 11.9. The minimum Gasteiger partial charge on any atom is -0.383 e. The van der Waals surface area contributed by atoms with E-state index in [1.807, 2.05) is 37.0 Å². The Bertz CT molecular complexity index is 504. The maximum Gasteiger partial charge on any atom is 0.223 e. The quantitative estimate of drug-likeness (QED) is 0.779. The van der Waals surface area contributed by atoms with E-state index in [4.69, 9.17) is 4.74 Å². The number of hydrogen-bond donors (Lipinski definition) is 0. The van der Waals surface area contributed by atoms with Crippen LogP contribution in [0.3, 0.4) is 0 Å². The molecule has 1 amide bonds. The van der Waals surface area contributed by atoms with Gasteiger partial charge in [0.1, 0.15) is 11.6 Å². The molecule has 0 bridgehead atoms. The molecule has 1 aliphatic heterocycles. The summed E-state index contributed by atoms with van der Waals surface area (Å²) in [5, 5.41) is 0. The number of likely N-dealkylation sites (tertiary alicyclic amines) is 1. The van der Waals surface area contributed by atoms with Gasteiger partial charge >= 0.3 is 0 Å². The van der Waals surface area contributed by atoms with Crippen molar-refractivity contribution in [2.45, 2.75) is 19.8 Å². The fourth-order valence-corrected chi connectivity index (χ4v) is 2.69. The van der Waals surface area contributed by atoms with Crippen LogP contribution in [0.25, 0.3) is 0 Å². The first kappa shape index (κ1) is 15.7. The number of rotatable bonds is 6. The highest BCUT2D eigenvalue weighted by Gasteiger charge is 2.29. The van der Waals surface area contributed by atoms with Crippen LogP contribution in [0.15, 0.2) is 6.20 Å². The van der Waals surface area contributed by atoms with Crippen molar-refractivity contribution in [3.05, 3.63) is 17.6 Å². The standard InChI is InChI=1S/C15H24N4O2/c1-11-9-16-13(17-15(11)18(2)3)7-12-8-14(20)19(10-12)5-6-21-4/h9,12H,5-8,10H2,1-4H3/t12-/m0/s1. The van der Waals surface area contributed by atoms with E-state index in [1.165, 1.54) is 0 Å². The molecule has 0 radical (unpaired) electrons. The number of aryl methyl sites for hydroxylation is 1. The van der Waals surface area contributed by atoms with E-state index in [9.17, 15) is 4.79 Å². The molecule has 1 fully saturated rings. The van der Waals surface area contributed by atoms with Gasteiger partial charge in [-0.25, -0.2) is 9.97 Å². The molecule has 1 aliphatic rings. The van der Waals surface area contributed by atoms with Crippen LogP contribution in [0.2, 0.25) is 0 Å². The first-order chi connectivity index (χ1) is 10.0. The zero-order valence-electron chi connectivity index (χ0n) is 13.3. The van der Waals surface area contributed by atoms with E-state index in [0.29, 0.717) is 25.5 Å². The number of ether oxygens (including phenoxy) is 1. The summed E-state index contributed by atoms with van der Waals surface area (Å²) in [5.74, 6) is 2.26. The molecule has 0 spiro atoms. The second-order valence-electron chi connectivity index (χ2n) is 5.79. The molecule has 21 heavy (non-hydrogen) atoms. The Morgan fingerprint density at radius 2 is 2.24 bits per heavy atom. The number of hydrogen-bond acceptors (Lipinski definition) is 5. The third-order valence-electron chi connectivity index (χ3n) is 3.75. The Morgan fingerprint density at radius 3 is 2.90 bits per heavy atom. The average Bonchev–Trinajstić information content (AvgIpc) is 2.78. The molecule has 0 N–H and O–H groups in total. The van der Waals surface area contributed by atoms with E-state index in [-0.39, 0.29) is 5.91 Å². The van der Waals surface area contributed by atoms with Crippen molar-refractivity contribution in [3.8, 4) is 0 Å². The Balaban J connectivity index is 1.99. The Labute approximate surface area is 126 Å². The van der Waals surface area contributed by atoms with Crippen LogP contribution in [0.1, 0.15) is 17.8 Å². The van der Waals surface area contributed by atoms with Gasteiger partial charge in [0, 0.05) is 58.9 Å². The summed E-state index contributed by atoms with van der Waals surface area (Å²) in [5.41, 5.74) is 1.06. The maximum atomic E-state index is 11.9. The molecule has 6 nitrogen and oxygen atoms in total. The van der Waals surface area contributed by atoms with Crippen molar-refractivity contribution in [3.63, 3.8) is 0 Å². The van der Waals surface area contributed by atoms with Crippen molar-refractivity contribution in [2.75, 3.05) is 45.8 Å². The van der Waals surface area contributed by atoms with Crippen molar-refractivity contribution in [2.24, 2.45) is 5.92 Å². The van der Waals surface area contributed by atoms with Gasteiger partial charge in [-0.3, -0.25) is 4.79 Å². The molecule has 1 aromatic heterocycles. The number of nitrogens with zero attached hydrogens (tertiary/aromatic N) is 4. The minimum atomic E-state index is 0.206. The highest BCUT2D eigenvalue weighted by atomic mass is 16.5. The van der Waals surface area contributed by atoms with Gasteiger partial charge in [0.15, 0.2) is 0 Å². The Kier molecular flexibility index (Phi) is 5.12. The predicted molar refractivity (Wildman–Crippen MR) is 81.4 cm³/mol. The molecular formula is C15H24N4O2. The first-order valence-corrected chi connectivity index (χ1v) is 7.27. The van der Waals surface area contributed by atoms with Gasteiger partial charge in [-0.05, 0) is 12.8 Å². The van der Waals surface area contributed by atoms with Crippen LogP contribution in [-0.4, -0.2) is 61.7 Å². The van der Waals surface area contributed by atoms with E-state index < -0.39 is 0 Å². The normalized spacial score (nSPS) is 18.4. The summed E-state index contributed by atoms with van der Waals surface area (Å²) >= 11 is 0. The lowest BCUT2D eigenvalue weighted by molar-refractivity contribution is -0.128.